The van der Waals surface area contributed by atoms with Crippen molar-refractivity contribution in [1.82, 2.24) is 4.98 Å². The van der Waals surface area contributed by atoms with Crippen LogP contribution in [0.15, 0.2) is 42.6 Å². The van der Waals surface area contributed by atoms with Gasteiger partial charge in [0.15, 0.2) is 0 Å². The Labute approximate surface area is 98.9 Å². The molecule has 0 saturated heterocycles. The maximum Gasteiger partial charge on any atom is 0.257 e. The molecular formula is C13H12N2O2. The van der Waals surface area contributed by atoms with Crippen molar-refractivity contribution in [3.63, 3.8) is 0 Å². The van der Waals surface area contributed by atoms with E-state index in [0.717, 1.165) is 5.69 Å². The van der Waals surface area contributed by atoms with Gasteiger partial charge >= 0.3 is 0 Å². The summed E-state index contributed by atoms with van der Waals surface area (Å²) in [4.78, 5) is 15.9. The van der Waals surface area contributed by atoms with E-state index >= 15 is 0 Å². The molecule has 2 N–H and O–H groups in total. The Hall–Kier alpha value is -2.36. The average molecular weight is 228 g/mol. The molecule has 2 rings (SSSR count). The van der Waals surface area contributed by atoms with Crippen LogP contribution >= 0.6 is 0 Å². The van der Waals surface area contributed by atoms with E-state index in [-0.39, 0.29) is 11.7 Å². The zero-order valence-electron chi connectivity index (χ0n) is 9.34. The monoisotopic (exact) mass is 228 g/mol. The van der Waals surface area contributed by atoms with E-state index in [1.807, 2.05) is 6.92 Å². The number of anilines is 1. The lowest BCUT2D eigenvalue weighted by atomic mass is 10.2. The molecule has 0 atom stereocenters. The van der Waals surface area contributed by atoms with Crippen molar-refractivity contribution in [2.75, 3.05) is 5.32 Å². The summed E-state index contributed by atoms with van der Waals surface area (Å²) in [5, 5.41) is 12.1. The first kappa shape index (κ1) is 11.1. The summed E-state index contributed by atoms with van der Waals surface area (Å²) in [5.41, 5.74) is 1.70. The molecule has 0 unspecified atom stereocenters. The van der Waals surface area contributed by atoms with Gasteiger partial charge in [0.05, 0.1) is 11.3 Å². The Morgan fingerprint density at radius 3 is 2.65 bits per heavy atom. The second-order valence-electron chi connectivity index (χ2n) is 3.66. The summed E-state index contributed by atoms with van der Waals surface area (Å²) in [6, 6.07) is 10.0. The number of carbonyl (C=O) groups excluding carboxylic acids is 1. The second-order valence-corrected chi connectivity index (χ2v) is 3.66. The Morgan fingerprint density at radius 1 is 1.24 bits per heavy atom. The highest BCUT2D eigenvalue weighted by molar-refractivity contribution is 6.04. The molecule has 1 heterocycles. The van der Waals surface area contributed by atoms with E-state index in [1.165, 1.54) is 12.3 Å². The summed E-state index contributed by atoms with van der Waals surface area (Å²) in [7, 11) is 0. The number of nitrogens with one attached hydrogen (secondary N) is 1. The quantitative estimate of drug-likeness (QED) is 0.775. The number of rotatable bonds is 2. The first-order valence-electron chi connectivity index (χ1n) is 5.19. The number of aryl methyl sites for hydroxylation is 1. The maximum absolute atomic E-state index is 11.8. The van der Waals surface area contributed by atoms with Crippen LogP contribution in [0.5, 0.6) is 5.75 Å². The highest BCUT2D eigenvalue weighted by Crippen LogP contribution is 2.21. The third-order valence-corrected chi connectivity index (χ3v) is 2.33. The van der Waals surface area contributed by atoms with Crippen LogP contribution in [-0.2, 0) is 0 Å². The maximum atomic E-state index is 11.8. The van der Waals surface area contributed by atoms with Gasteiger partial charge in [0.1, 0.15) is 5.75 Å². The third-order valence-electron chi connectivity index (χ3n) is 2.33. The van der Waals surface area contributed by atoms with Crippen LogP contribution in [0.25, 0.3) is 0 Å². The van der Waals surface area contributed by atoms with Gasteiger partial charge in [-0.05, 0) is 31.2 Å². The number of nitrogens with zero attached hydrogens (tertiary/aromatic N) is 1. The van der Waals surface area contributed by atoms with Crippen LogP contribution in [0.3, 0.4) is 0 Å². The molecule has 17 heavy (non-hydrogen) atoms. The smallest absolute Gasteiger partial charge is 0.257 e. The Morgan fingerprint density at radius 2 is 2.00 bits per heavy atom. The Bertz CT molecular complexity index is 535. The molecule has 0 aliphatic rings. The molecule has 0 bridgehead atoms. The summed E-state index contributed by atoms with van der Waals surface area (Å²) in [5.74, 6) is -0.250. The number of carbonyl (C=O) groups is 1. The molecule has 1 aromatic heterocycles. The lowest BCUT2D eigenvalue weighted by Gasteiger charge is -2.06. The summed E-state index contributed by atoms with van der Waals surface area (Å²) < 4.78 is 0. The third kappa shape index (κ3) is 2.60. The van der Waals surface area contributed by atoms with Gasteiger partial charge in [0.2, 0.25) is 0 Å². The van der Waals surface area contributed by atoms with E-state index in [4.69, 9.17) is 0 Å². The van der Waals surface area contributed by atoms with Gasteiger partial charge in [0, 0.05) is 11.9 Å². The SMILES string of the molecule is Cc1ccc(C(=O)Nc2ccccc2O)cn1. The first-order valence-corrected chi connectivity index (χ1v) is 5.19. The highest BCUT2D eigenvalue weighted by Gasteiger charge is 2.08. The van der Waals surface area contributed by atoms with E-state index in [2.05, 4.69) is 10.3 Å². The molecule has 0 aliphatic carbocycles. The fraction of sp³-hybridized carbons (Fsp3) is 0.0769. The minimum Gasteiger partial charge on any atom is -0.506 e. The molecule has 0 fully saturated rings. The molecule has 0 radical (unpaired) electrons. The number of hydrogen-bond acceptors (Lipinski definition) is 3. The van der Waals surface area contributed by atoms with Crippen LogP contribution in [-0.4, -0.2) is 16.0 Å². The highest BCUT2D eigenvalue weighted by atomic mass is 16.3. The van der Waals surface area contributed by atoms with E-state index < -0.39 is 0 Å². The van der Waals surface area contributed by atoms with E-state index in [0.29, 0.717) is 11.3 Å². The van der Waals surface area contributed by atoms with Crippen LogP contribution in [0.1, 0.15) is 16.1 Å². The average Bonchev–Trinajstić information content (AvgIpc) is 2.33. The van der Waals surface area contributed by atoms with Crippen LogP contribution in [0, 0.1) is 6.92 Å². The predicted molar refractivity (Wildman–Crippen MR) is 65.0 cm³/mol. The normalized spacial score (nSPS) is 9.94. The molecule has 2 aromatic rings. The molecule has 0 aliphatic heterocycles. The van der Waals surface area contributed by atoms with Crippen molar-refractivity contribution in [2.24, 2.45) is 0 Å². The van der Waals surface area contributed by atoms with Crippen molar-refractivity contribution in [3.8, 4) is 5.75 Å². The lowest BCUT2D eigenvalue weighted by Crippen LogP contribution is -2.12. The topological polar surface area (TPSA) is 62.2 Å². The first-order chi connectivity index (χ1) is 8.16. The van der Waals surface area contributed by atoms with Crippen molar-refractivity contribution >= 4 is 11.6 Å². The number of amides is 1. The number of hydrogen-bond donors (Lipinski definition) is 2. The Balaban J connectivity index is 2.17. The van der Waals surface area contributed by atoms with Gasteiger partial charge < -0.3 is 10.4 Å². The summed E-state index contributed by atoms with van der Waals surface area (Å²) in [6.07, 6.45) is 1.50. The number of phenolic OH excluding ortho intramolecular Hbond substituents is 1. The standard InChI is InChI=1S/C13H12N2O2/c1-9-6-7-10(8-14-9)13(17)15-11-4-2-3-5-12(11)16/h2-8,16H,1H3,(H,15,17). The molecule has 86 valence electrons. The number of benzene rings is 1. The van der Waals surface area contributed by atoms with Crippen LogP contribution < -0.4 is 5.32 Å². The number of aromatic nitrogens is 1. The van der Waals surface area contributed by atoms with E-state index in [1.54, 1.807) is 30.3 Å². The van der Waals surface area contributed by atoms with Crippen LogP contribution in [0.4, 0.5) is 5.69 Å². The minimum absolute atomic E-state index is 0.0425. The van der Waals surface area contributed by atoms with Crippen molar-refractivity contribution in [1.29, 1.82) is 0 Å². The summed E-state index contributed by atoms with van der Waals surface area (Å²) >= 11 is 0. The second kappa shape index (κ2) is 4.65. The van der Waals surface area contributed by atoms with Crippen LogP contribution in [0.2, 0.25) is 0 Å². The predicted octanol–water partition coefficient (Wildman–Crippen LogP) is 2.35. The fourth-order valence-corrected chi connectivity index (χ4v) is 1.38. The Kier molecular flexibility index (Phi) is 3.05. The zero-order valence-corrected chi connectivity index (χ0v) is 9.34. The fourth-order valence-electron chi connectivity index (χ4n) is 1.38. The number of pyridine rings is 1. The zero-order chi connectivity index (χ0) is 12.3. The molecule has 0 saturated carbocycles. The number of aromatic hydroxyl groups is 1. The molecular weight excluding hydrogens is 216 g/mol. The molecule has 4 heteroatoms. The summed E-state index contributed by atoms with van der Waals surface area (Å²) in [6.45, 7) is 1.85. The van der Waals surface area contributed by atoms with Gasteiger partial charge in [-0.1, -0.05) is 12.1 Å². The molecule has 0 spiro atoms. The van der Waals surface area contributed by atoms with Gasteiger partial charge in [-0.2, -0.15) is 0 Å². The van der Waals surface area contributed by atoms with Crippen molar-refractivity contribution in [3.05, 3.63) is 53.9 Å². The molecule has 1 aromatic carbocycles. The van der Waals surface area contributed by atoms with Crippen molar-refractivity contribution < 1.29 is 9.90 Å². The molecule has 4 nitrogen and oxygen atoms in total. The largest absolute Gasteiger partial charge is 0.506 e. The molecule has 1 amide bonds. The van der Waals surface area contributed by atoms with Gasteiger partial charge in [0.25, 0.3) is 5.91 Å². The number of para-hydroxylation sites is 2. The van der Waals surface area contributed by atoms with Gasteiger partial charge in [-0.3, -0.25) is 9.78 Å². The van der Waals surface area contributed by atoms with E-state index in [9.17, 15) is 9.90 Å². The minimum atomic E-state index is -0.293. The van der Waals surface area contributed by atoms with Gasteiger partial charge in [-0.15, -0.1) is 0 Å². The van der Waals surface area contributed by atoms with Crippen molar-refractivity contribution in [2.45, 2.75) is 6.92 Å². The van der Waals surface area contributed by atoms with Gasteiger partial charge in [-0.25, -0.2) is 0 Å². The lowest BCUT2D eigenvalue weighted by molar-refractivity contribution is 0.102. The number of phenols is 1.